The molecule has 0 aromatic carbocycles. The molecule has 1 unspecified atom stereocenters. The summed E-state index contributed by atoms with van der Waals surface area (Å²) in [6.07, 6.45) is 0.884. The van der Waals surface area contributed by atoms with Gasteiger partial charge >= 0.3 is 12.2 Å². The van der Waals surface area contributed by atoms with Gasteiger partial charge in [0.15, 0.2) is 0 Å². The van der Waals surface area contributed by atoms with Crippen LogP contribution < -0.4 is 5.32 Å². The topological polar surface area (TPSA) is 67.9 Å². The Bertz CT molecular complexity index is 382. The zero-order valence-electron chi connectivity index (χ0n) is 14.0. The molecule has 1 N–H and O–H groups in total. The Balaban J connectivity index is 2.49. The standard InChI is InChI=1S/C15H28N2O4/c1-14(2,3)20-12(18)16-11-8-7-9-17(10-11)13(19)21-15(4,5)6/h11H,7-10H2,1-6H3,(H,16,18). The van der Waals surface area contributed by atoms with Gasteiger partial charge in [0, 0.05) is 19.1 Å². The van der Waals surface area contributed by atoms with Crippen molar-refractivity contribution in [2.45, 2.75) is 71.6 Å². The molecule has 6 heteroatoms. The number of nitrogens with one attached hydrogen (secondary N) is 1. The first-order valence-corrected chi connectivity index (χ1v) is 7.44. The van der Waals surface area contributed by atoms with Crippen LogP contribution in [0.25, 0.3) is 0 Å². The lowest BCUT2D eigenvalue weighted by Gasteiger charge is -2.34. The van der Waals surface area contributed by atoms with Gasteiger partial charge in [-0.05, 0) is 54.4 Å². The second kappa shape index (κ2) is 6.54. The van der Waals surface area contributed by atoms with E-state index in [9.17, 15) is 9.59 Å². The summed E-state index contributed by atoms with van der Waals surface area (Å²) in [7, 11) is 0. The van der Waals surface area contributed by atoms with Gasteiger partial charge in [0.1, 0.15) is 11.2 Å². The van der Waals surface area contributed by atoms with E-state index in [0.29, 0.717) is 13.1 Å². The summed E-state index contributed by atoms with van der Waals surface area (Å²) < 4.78 is 10.6. The van der Waals surface area contributed by atoms with E-state index in [1.54, 1.807) is 4.90 Å². The minimum atomic E-state index is -0.524. The van der Waals surface area contributed by atoms with Crippen molar-refractivity contribution in [2.75, 3.05) is 13.1 Å². The van der Waals surface area contributed by atoms with Crippen molar-refractivity contribution < 1.29 is 19.1 Å². The Morgan fingerprint density at radius 3 is 2.14 bits per heavy atom. The number of rotatable bonds is 1. The Morgan fingerprint density at radius 1 is 1.05 bits per heavy atom. The lowest BCUT2D eigenvalue weighted by atomic mass is 10.1. The zero-order chi connectivity index (χ0) is 16.3. The maximum absolute atomic E-state index is 12.0. The monoisotopic (exact) mass is 300 g/mol. The predicted octanol–water partition coefficient (Wildman–Crippen LogP) is 2.91. The van der Waals surface area contributed by atoms with Gasteiger partial charge < -0.3 is 19.7 Å². The summed E-state index contributed by atoms with van der Waals surface area (Å²) in [5.74, 6) is 0. The quantitative estimate of drug-likeness (QED) is 0.808. The van der Waals surface area contributed by atoms with Crippen LogP contribution in [0.1, 0.15) is 54.4 Å². The molecule has 1 atom stereocenters. The molecular weight excluding hydrogens is 272 g/mol. The van der Waals surface area contributed by atoms with Crippen molar-refractivity contribution in [3.05, 3.63) is 0 Å². The highest BCUT2D eigenvalue weighted by Crippen LogP contribution is 2.16. The molecule has 0 radical (unpaired) electrons. The molecule has 0 aromatic rings. The fraction of sp³-hybridized carbons (Fsp3) is 0.867. The first kappa shape index (κ1) is 17.6. The van der Waals surface area contributed by atoms with Gasteiger partial charge in [-0.2, -0.15) is 0 Å². The SMILES string of the molecule is CC(C)(C)OC(=O)NC1CCCN(C(=O)OC(C)(C)C)C1. The number of piperidine rings is 1. The summed E-state index contributed by atoms with van der Waals surface area (Å²) in [6.45, 7) is 12.1. The second-order valence-electron chi connectivity index (χ2n) is 7.41. The number of likely N-dealkylation sites (tertiary alicyclic amines) is 1. The van der Waals surface area contributed by atoms with E-state index in [-0.39, 0.29) is 12.1 Å². The first-order chi connectivity index (χ1) is 9.46. The largest absolute Gasteiger partial charge is 0.444 e. The third-order valence-corrected chi connectivity index (χ3v) is 2.79. The molecule has 122 valence electrons. The van der Waals surface area contributed by atoms with Crippen molar-refractivity contribution in [3.63, 3.8) is 0 Å². The van der Waals surface area contributed by atoms with E-state index in [0.717, 1.165) is 12.8 Å². The van der Waals surface area contributed by atoms with Gasteiger partial charge in [-0.15, -0.1) is 0 Å². The molecule has 0 bridgehead atoms. The number of carbonyl (C=O) groups excluding carboxylic acids is 2. The van der Waals surface area contributed by atoms with Crippen LogP contribution in [0.4, 0.5) is 9.59 Å². The van der Waals surface area contributed by atoms with E-state index < -0.39 is 17.3 Å². The van der Waals surface area contributed by atoms with Gasteiger partial charge in [-0.1, -0.05) is 0 Å². The molecule has 1 aliphatic heterocycles. The minimum Gasteiger partial charge on any atom is -0.444 e. The van der Waals surface area contributed by atoms with E-state index in [4.69, 9.17) is 9.47 Å². The molecular formula is C15H28N2O4. The number of hydrogen-bond donors (Lipinski definition) is 1. The molecule has 0 aromatic heterocycles. The fourth-order valence-electron chi connectivity index (χ4n) is 2.06. The Labute approximate surface area is 127 Å². The predicted molar refractivity (Wildman–Crippen MR) is 80.2 cm³/mol. The number of nitrogens with zero attached hydrogens (tertiary/aromatic N) is 1. The summed E-state index contributed by atoms with van der Waals surface area (Å²) >= 11 is 0. The molecule has 1 saturated heterocycles. The number of hydrogen-bond acceptors (Lipinski definition) is 4. The second-order valence-corrected chi connectivity index (χ2v) is 7.41. The van der Waals surface area contributed by atoms with Crippen molar-refractivity contribution >= 4 is 12.2 Å². The van der Waals surface area contributed by atoms with Crippen molar-refractivity contribution in [1.29, 1.82) is 0 Å². The lowest BCUT2D eigenvalue weighted by molar-refractivity contribution is 0.0162. The van der Waals surface area contributed by atoms with Crippen LogP contribution in [0.15, 0.2) is 0 Å². The van der Waals surface area contributed by atoms with Crippen LogP contribution in [-0.2, 0) is 9.47 Å². The highest BCUT2D eigenvalue weighted by Gasteiger charge is 2.29. The maximum Gasteiger partial charge on any atom is 0.410 e. The minimum absolute atomic E-state index is 0.0962. The Kier molecular flexibility index (Phi) is 5.48. The lowest BCUT2D eigenvalue weighted by Crippen LogP contribution is -2.51. The van der Waals surface area contributed by atoms with Crippen molar-refractivity contribution in [3.8, 4) is 0 Å². The first-order valence-electron chi connectivity index (χ1n) is 7.44. The molecule has 2 amide bonds. The molecule has 0 aliphatic carbocycles. The van der Waals surface area contributed by atoms with Gasteiger partial charge in [0.25, 0.3) is 0 Å². The van der Waals surface area contributed by atoms with E-state index >= 15 is 0 Å². The van der Waals surface area contributed by atoms with Crippen LogP contribution >= 0.6 is 0 Å². The van der Waals surface area contributed by atoms with Crippen LogP contribution in [-0.4, -0.2) is 47.4 Å². The van der Waals surface area contributed by atoms with Crippen LogP contribution in [0.3, 0.4) is 0 Å². The average molecular weight is 300 g/mol. The number of ether oxygens (including phenoxy) is 2. The smallest absolute Gasteiger partial charge is 0.410 e. The van der Waals surface area contributed by atoms with Crippen molar-refractivity contribution in [1.82, 2.24) is 10.2 Å². The van der Waals surface area contributed by atoms with Crippen LogP contribution in [0.5, 0.6) is 0 Å². The summed E-state index contributed by atoms with van der Waals surface area (Å²) in [5.41, 5.74) is -1.04. The molecule has 1 aliphatic rings. The molecule has 6 nitrogen and oxygen atoms in total. The van der Waals surface area contributed by atoms with E-state index in [1.165, 1.54) is 0 Å². The van der Waals surface area contributed by atoms with Gasteiger partial charge in [0.2, 0.25) is 0 Å². The van der Waals surface area contributed by atoms with Gasteiger partial charge in [-0.3, -0.25) is 0 Å². The van der Waals surface area contributed by atoms with Crippen LogP contribution in [0.2, 0.25) is 0 Å². The number of alkyl carbamates (subject to hydrolysis) is 1. The Hall–Kier alpha value is -1.46. The fourth-order valence-corrected chi connectivity index (χ4v) is 2.06. The summed E-state index contributed by atoms with van der Waals surface area (Å²) in [4.78, 5) is 25.4. The molecule has 1 rings (SSSR count). The van der Waals surface area contributed by atoms with E-state index in [1.807, 2.05) is 41.5 Å². The average Bonchev–Trinajstić information content (AvgIpc) is 2.24. The number of carbonyl (C=O) groups is 2. The molecule has 21 heavy (non-hydrogen) atoms. The molecule has 0 saturated carbocycles. The Morgan fingerprint density at radius 2 is 1.62 bits per heavy atom. The molecule has 0 spiro atoms. The number of amides is 2. The zero-order valence-corrected chi connectivity index (χ0v) is 14.0. The van der Waals surface area contributed by atoms with Crippen LogP contribution in [0, 0.1) is 0 Å². The van der Waals surface area contributed by atoms with Gasteiger partial charge in [0.05, 0.1) is 0 Å². The van der Waals surface area contributed by atoms with E-state index in [2.05, 4.69) is 5.32 Å². The maximum atomic E-state index is 12.0. The highest BCUT2D eigenvalue weighted by atomic mass is 16.6. The molecule has 1 heterocycles. The van der Waals surface area contributed by atoms with Gasteiger partial charge in [-0.25, -0.2) is 9.59 Å². The summed E-state index contributed by atoms with van der Waals surface area (Å²) in [6, 6.07) is -0.0962. The highest BCUT2D eigenvalue weighted by molar-refractivity contribution is 5.70. The molecule has 1 fully saturated rings. The third-order valence-electron chi connectivity index (χ3n) is 2.79. The third kappa shape index (κ3) is 7.20. The summed E-state index contributed by atoms with van der Waals surface area (Å²) in [5, 5.41) is 2.81. The van der Waals surface area contributed by atoms with Crippen molar-refractivity contribution in [2.24, 2.45) is 0 Å². The normalized spacial score (nSPS) is 19.9.